The van der Waals surface area contributed by atoms with E-state index in [1.807, 2.05) is 0 Å². The molecule has 0 saturated heterocycles. The lowest BCUT2D eigenvalue weighted by Gasteiger charge is -2.07. The molecule has 1 amide bonds. The van der Waals surface area contributed by atoms with Gasteiger partial charge in [0.25, 0.3) is 0 Å². The average molecular weight is 211 g/mol. The molecule has 6 nitrogen and oxygen atoms in total. The Kier molecular flexibility index (Phi) is 3.84. The summed E-state index contributed by atoms with van der Waals surface area (Å²) in [6, 6.07) is 0. The Morgan fingerprint density at radius 3 is 2.73 bits per heavy atom. The van der Waals surface area contributed by atoms with Gasteiger partial charge >= 0.3 is 5.97 Å². The molecule has 0 atom stereocenters. The molecule has 1 aliphatic rings. The van der Waals surface area contributed by atoms with Gasteiger partial charge in [0.15, 0.2) is 0 Å². The highest BCUT2D eigenvalue weighted by atomic mass is 16.4. The number of hydrogen-bond acceptors (Lipinski definition) is 3. The summed E-state index contributed by atoms with van der Waals surface area (Å²) in [6.45, 7) is 3.91. The molecule has 1 saturated carbocycles. The molecule has 0 spiro atoms. The third-order valence-corrected chi connectivity index (χ3v) is 1.91. The molecule has 15 heavy (non-hydrogen) atoms. The summed E-state index contributed by atoms with van der Waals surface area (Å²) in [5, 5.41) is 13.4. The number of carbonyl (C=O) groups excluding carboxylic acids is 1. The molecule has 1 rings (SSSR count). The Hall–Kier alpha value is -1.85. The minimum Gasteiger partial charge on any atom is -0.475 e. The number of carboxylic acid groups (broad SMARTS) is 1. The maximum absolute atomic E-state index is 10.7. The van der Waals surface area contributed by atoms with Gasteiger partial charge in [-0.05, 0) is 18.8 Å². The number of carboxylic acids is 1. The molecule has 0 heterocycles. The lowest BCUT2D eigenvalue weighted by Crippen LogP contribution is -2.35. The van der Waals surface area contributed by atoms with Gasteiger partial charge in [0.05, 0.1) is 0 Å². The van der Waals surface area contributed by atoms with Crippen molar-refractivity contribution in [2.24, 2.45) is 10.9 Å². The van der Waals surface area contributed by atoms with Crippen molar-refractivity contribution >= 4 is 18.2 Å². The largest absolute Gasteiger partial charge is 0.475 e. The number of nitrogens with one attached hydrogen (secondary N) is 2. The van der Waals surface area contributed by atoms with E-state index in [-0.39, 0.29) is 11.7 Å². The van der Waals surface area contributed by atoms with Crippen molar-refractivity contribution in [2.75, 3.05) is 6.54 Å². The lowest BCUT2D eigenvalue weighted by atomic mass is 10.4. The van der Waals surface area contributed by atoms with Crippen LogP contribution in [0.4, 0.5) is 0 Å². The monoisotopic (exact) mass is 211 g/mol. The van der Waals surface area contributed by atoms with Crippen LogP contribution in [-0.2, 0) is 9.59 Å². The normalized spacial score (nSPS) is 15.6. The molecule has 82 valence electrons. The zero-order valence-corrected chi connectivity index (χ0v) is 8.19. The zero-order chi connectivity index (χ0) is 11.3. The van der Waals surface area contributed by atoms with E-state index in [4.69, 9.17) is 5.11 Å². The Morgan fingerprint density at radius 2 is 2.27 bits per heavy atom. The molecule has 1 aliphatic carbocycles. The van der Waals surface area contributed by atoms with E-state index in [0.717, 1.165) is 12.8 Å². The van der Waals surface area contributed by atoms with Crippen molar-refractivity contribution in [3.63, 3.8) is 0 Å². The highest BCUT2D eigenvalue weighted by Gasteiger charge is 2.21. The molecule has 1 fully saturated rings. The van der Waals surface area contributed by atoms with E-state index in [1.165, 1.54) is 0 Å². The van der Waals surface area contributed by atoms with Gasteiger partial charge in [-0.15, -0.1) is 0 Å². The van der Waals surface area contributed by atoms with Crippen molar-refractivity contribution < 1.29 is 14.7 Å². The van der Waals surface area contributed by atoms with Gasteiger partial charge in [0, 0.05) is 6.54 Å². The quantitative estimate of drug-likeness (QED) is 0.330. The highest BCUT2D eigenvalue weighted by molar-refractivity contribution is 6.34. The van der Waals surface area contributed by atoms with Crippen molar-refractivity contribution in [1.82, 2.24) is 10.6 Å². The second-order valence-corrected chi connectivity index (χ2v) is 3.30. The van der Waals surface area contributed by atoms with E-state index in [0.29, 0.717) is 18.9 Å². The summed E-state index contributed by atoms with van der Waals surface area (Å²) in [5.74, 6) is -0.749. The van der Waals surface area contributed by atoms with Crippen LogP contribution >= 0.6 is 0 Å². The van der Waals surface area contributed by atoms with Crippen LogP contribution in [0.15, 0.2) is 17.4 Å². The first-order valence-electron chi connectivity index (χ1n) is 4.57. The standard InChI is InChI=1S/C9H13N3O3/c1-6(11-5-13)12-8(9(14)15)10-4-7-2-3-7/h5,7H,1-4H2,(H,10,12)(H,11,13)(H,14,15). The van der Waals surface area contributed by atoms with Gasteiger partial charge in [-0.1, -0.05) is 6.58 Å². The zero-order valence-electron chi connectivity index (χ0n) is 8.19. The second-order valence-electron chi connectivity index (χ2n) is 3.30. The van der Waals surface area contributed by atoms with Gasteiger partial charge in [0.1, 0.15) is 5.82 Å². The summed E-state index contributed by atoms with van der Waals surface area (Å²) in [4.78, 5) is 24.7. The second kappa shape index (κ2) is 5.14. The fourth-order valence-corrected chi connectivity index (χ4v) is 0.932. The molecule has 0 aliphatic heterocycles. The van der Waals surface area contributed by atoms with Crippen molar-refractivity contribution in [2.45, 2.75) is 12.8 Å². The highest BCUT2D eigenvalue weighted by Crippen LogP contribution is 2.28. The Morgan fingerprint density at radius 1 is 1.60 bits per heavy atom. The van der Waals surface area contributed by atoms with Gasteiger partial charge < -0.3 is 15.7 Å². The van der Waals surface area contributed by atoms with E-state index in [9.17, 15) is 9.59 Å². The van der Waals surface area contributed by atoms with Crippen LogP contribution in [-0.4, -0.2) is 29.9 Å². The molecule has 3 N–H and O–H groups in total. The number of amides is 1. The molecule has 0 aromatic rings. The van der Waals surface area contributed by atoms with Gasteiger partial charge in [0.2, 0.25) is 12.2 Å². The van der Waals surface area contributed by atoms with E-state index in [2.05, 4.69) is 22.2 Å². The fourth-order valence-electron chi connectivity index (χ4n) is 0.932. The molecule has 0 radical (unpaired) electrons. The van der Waals surface area contributed by atoms with Crippen LogP contribution in [0.2, 0.25) is 0 Å². The van der Waals surface area contributed by atoms with E-state index >= 15 is 0 Å². The SMILES string of the molecule is C=C(NC=O)NC(=NCC1CC1)C(=O)O. The van der Waals surface area contributed by atoms with Crippen LogP contribution in [0.3, 0.4) is 0 Å². The maximum atomic E-state index is 10.7. The van der Waals surface area contributed by atoms with Gasteiger partial charge in [-0.2, -0.15) is 0 Å². The van der Waals surface area contributed by atoms with Crippen LogP contribution in [0, 0.1) is 5.92 Å². The predicted octanol–water partition coefficient (Wildman–Crippen LogP) is -0.314. The molecule has 0 aromatic heterocycles. The molecule has 0 unspecified atom stereocenters. The predicted molar refractivity (Wildman–Crippen MR) is 54.1 cm³/mol. The fraction of sp³-hybridized carbons (Fsp3) is 0.444. The van der Waals surface area contributed by atoms with Crippen molar-refractivity contribution in [3.8, 4) is 0 Å². The first-order chi connectivity index (χ1) is 7.13. The Bertz CT molecular complexity index is 308. The first kappa shape index (κ1) is 11.2. The van der Waals surface area contributed by atoms with Crippen LogP contribution in [0.5, 0.6) is 0 Å². The first-order valence-corrected chi connectivity index (χ1v) is 4.57. The topological polar surface area (TPSA) is 90.8 Å². The van der Waals surface area contributed by atoms with Crippen LogP contribution < -0.4 is 10.6 Å². The van der Waals surface area contributed by atoms with Gasteiger partial charge in [-0.3, -0.25) is 9.79 Å². The third kappa shape index (κ3) is 4.26. The third-order valence-electron chi connectivity index (χ3n) is 1.91. The number of amidine groups is 1. The smallest absolute Gasteiger partial charge is 0.371 e. The molecule has 0 bridgehead atoms. The van der Waals surface area contributed by atoms with E-state index < -0.39 is 5.97 Å². The van der Waals surface area contributed by atoms with Crippen LogP contribution in [0.1, 0.15) is 12.8 Å². The summed E-state index contributed by atoms with van der Waals surface area (Å²) in [6.07, 6.45) is 2.61. The molecule has 6 heteroatoms. The average Bonchev–Trinajstić information content (AvgIpc) is 2.95. The number of hydrogen-bond donors (Lipinski definition) is 3. The van der Waals surface area contributed by atoms with Crippen molar-refractivity contribution in [1.29, 1.82) is 0 Å². The molecular weight excluding hydrogens is 198 g/mol. The van der Waals surface area contributed by atoms with E-state index in [1.54, 1.807) is 0 Å². The van der Waals surface area contributed by atoms with Crippen LogP contribution in [0.25, 0.3) is 0 Å². The lowest BCUT2D eigenvalue weighted by molar-refractivity contribution is -0.129. The number of rotatable bonds is 5. The number of aliphatic imine (C=N–C) groups is 1. The maximum Gasteiger partial charge on any atom is 0.371 e. The summed E-state index contributed by atoms with van der Waals surface area (Å²) in [7, 11) is 0. The summed E-state index contributed by atoms with van der Waals surface area (Å²) >= 11 is 0. The van der Waals surface area contributed by atoms with Gasteiger partial charge in [-0.25, -0.2) is 4.79 Å². The molecule has 0 aromatic carbocycles. The number of carbonyl (C=O) groups is 2. The number of nitrogens with zero attached hydrogens (tertiary/aromatic N) is 1. The molecular formula is C9H13N3O3. The Balaban J connectivity index is 2.48. The summed E-state index contributed by atoms with van der Waals surface area (Å²) in [5.41, 5.74) is 0. The Labute approximate surface area is 87.1 Å². The summed E-state index contributed by atoms with van der Waals surface area (Å²) < 4.78 is 0. The number of aliphatic carboxylic acids is 1. The minimum absolute atomic E-state index is 0.0990. The van der Waals surface area contributed by atoms with Crippen molar-refractivity contribution in [3.05, 3.63) is 12.4 Å². The minimum atomic E-state index is -1.16.